The number of nitrogens with zero attached hydrogens (tertiary/aromatic N) is 2. The lowest BCUT2D eigenvalue weighted by molar-refractivity contribution is 0.517. The van der Waals surface area contributed by atoms with Gasteiger partial charge in [-0.2, -0.15) is 0 Å². The van der Waals surface area contributed by atoms with Gasteiger partial charge in [0.1, 0.15) is 17.0 Å². The molecule has 3 rings (SSSR count). The Labute approximate surface area is 129 Å². The van der Waals surface area contributed by atoms with Crippen LogP contribution in [0.5, 0.6) is 0 Å². The largest absolute Gasteiger partial charge is 0.365 e. The Morgan fingerprint density at radius 1 is 1.10 bits per heavy atom. The number of hydrogen-bond acceptors (Lipinski definition) is 4. The summed E-state index contributed by atoms with van der Waals surface area (Å²) in [5.41, 5.74) is 1.36. The fourth-order valence-corrected chi connectivity index (χ4v) is 3.11. The average molecular weight is 297 g/mol. The van der Waals surface area contributed by atoms with Crippen LogP contribution in [0.25, 0.3) is 10.2 Å². The minimum absolute atomic E-state index is 0.0148. The Balaban J connectivity index is 1.72. The highest BCUT2D eigenvalue weighted by molar-refractivity contribution is 7.16. The first-order valence-corrected chi connectivity index (χ1v) is 8.02. The number of aryl methyl sites for hydroxylation is 1. The Hall–Kier alpha value is -1.94. The fraction of sp³-hybridized carbons (Fsp3) is 0.294. The highest BCUT2D eigenvalue weighted by Crippen LogP contribution is 2.27. The first kappa shape index (κ1) is 14.0. The molecule has 108 valence electrons. The summed E-state index contributed by atoms with van der Waals surface area (Å²) in [6.45, 7) is 4.44. The standard InChI is InChI=1S/C17H19N3S/c1-17(2,10-8-13-6-4-3-5-7-13)20-15-14-9-11-21-16(14)19-12-18-15/h3-7,9,11-12H,8,10H2,1-2H3,(H,18,19,20). The second-order valence-corrected chi connectivity index (χ2v) is 6.75. The molecular formula is C17H19N3S. The molecule has 1 N–H and O–H groups in total. The molecule has 0 unspecified atom stereocenters. The highest BCUT2D eigenvalue weighted by Gasteiger charge is 2.19. The number of rotatable bonds is 5. The van der Waals surface area contributed by atoms with E-state index in [1.165, 1.54) is 5.56 Å². The number of hydrogen-bond donors (Lipinski definition) is 1. The molecule has 0 radical (unpaired) electrons. The van der Waals surface area contributed by atoms with Crippen LogP contribution in [-0.2, 0) is 6.42 Å². The van der Waals surface area contributed by atoms with Gasteiger partial charge in [-0.15, -0.1) is 11.3 Å². The van der Waals surface area contributed by atoms with Gasteiger partial charge in [0.25, 0.3) is 0 Å². The smallest absolute Gasteiger partial charge is 0.138 e. The molecule has 1 aromatic carbocycles. The maximum Gasteiger partial charge on any atom is 0.138 e. The summed E-state index contributed by atoms with van der Waals surface area (Å²) in [7, 11) is 0. The first-order chi connectivity index (χ1) is 10.1. The van der Waals surface area contributed by atoms with E-state index in [-0.39, 0.29) is 5.54 Å². The molecule has 0 aliphatic carbocycles. The molecule has 3 aromatic rings. The van der Waals surface area contributed by atoms with Crippen molar-refractivity contribution in [2.24, 2.45) is 0 Å². The van der Waals surface area contributed by atoms with E-state index in [2.05, 4.69) is 70.9 Å². The fourth-order valence-electron chi connectivity index (χ4n) is 2.37. The van der Waals surface area contributed by atoms with Crippen molar-refractivity contribution in [3.05, 3.63) is 53.7 Å². The zero-order valence-corrected chi connectivity index (χ0v) is 13.2. The minimum atomic E-state index is -0.0148. The predicted molar refractivity (Wildman–Crippen MR) is 89.9 cm³/mol. The van der Waals surface area contributed by atoms with E-state index in [0.717, 1.165) is 28.9 Å². The summed E-state index contributed by atoms with van der Waals surface area (Å²) >= 11 is 1.65. The van der Waals surface area contributed by atoms with Crippen LogP contribution < -0.4 is 5.32 Å². The molecule has 4 heteroatoms. The van der Waals surface area contributed by atoms with Crippen molar-refractivity contribution in [2.45, 2.75) is 32.2 Å². The van der Waals surface area contributed by atoms with E-state index in [1.54, 1.807) is 17.7 Å². The van der Waals surface area contributed by atoms with Gasteiger partial charge in [-0.25, -0.2) is 9.97 Å². The van der Waals surface area contributed by atoms with Gasteiger partial charge in [0, 0.05) is 5.54 Å². The third-order valence-electron chi connectivity index (χ3n) is 3.60. The van der Waals surface area contributed by atoms with Gasteiger partial charge >= 0.3 is 0 Å². The monoisotopic (exact) mass is 297 g/mol. The lowest BCUT2D eigenvalue weighted by Crippen LogP contribution is -2.32. The van der Waals surface area contributed by atoms with Crippen LogP contribution >= 0.6 is 11.3 Å². The lowest BCUT2D eigenvalue weighted by Gasteiger charge is -2.27. The number of nitrogens with one attached hydrogen (secondary N) is 1. The van der Waals surface area contributed by atoms with Gasteiger partial charge in [-0.3, -0.25) is 0 Å². The van der Waals surface area contributed by atoms with Crippen LogP contribution in [0.3, 0.4) is 0 Å². The first-order valence-electron chi connectivity index (χ1n) is 7.14. The Kier molecular flexibility index (Phi) is 3.88. The quantitative estimate of drug-likeness (QED) is 0.752. The van der Waals surface area contributed by atoms with Gasteiger partial charge < -0.3 is 5.32 Å². The van der Waals surface area contributed by atoms with Gasteiger partial charge in [0.05, 0.1) is 5.39 Å². The zero-order valence-electron chi connectivity index (χ0n) is 12.3. The normalized spacial score (nSPS) is 11.7. The van der Waals surface area contributed by atoms with Crippen LogP contribution in [0.1, 0.15) is 25.8 Å². The lowest BCUT2D eigenvalue weighted by atomic mass is 9.95. The summed E-state index contributed by atoms with van der Waals surface area (Å²) < 4.78 is 0. The SMILES string of the molecule is CC(C)(CCc1ccccc1)Nc1ncnc2sccc12. The van der Waals surface area contributed by atoms with E-state index in [1.807, 2.05) is 0 Å². The topological polar surface area (TPSA) is 37.8 Å². The number of benzene rings is 1. The number of aromatic nitrogens is 2. The van der Waals surface area contributed by atoms with Crippen molar-refractivity contribution in [1.82, 2.24) is 9.97 Å². The molecule has 0 spiro atoms. The van der Waals surface area contributed by atoms with Crippen LogP contribution in [0, 0.1) is 0 Å². The minimum Gasteiger partial charge on any atom is -0.365 e. The molecule has 0 saturated heterocycles. The van der Waals surface area contributed by atoms with Crippen LogP contribution in [0.15, 0.2) is 48.1 Å². The van der Waals surface area contributed by atoms with Crippen molar-refractivity contribution in [1.29, 1.82) is 0 Å². The van der Waals surface area contributed by atoms with Crippen LogP contribution in [0.4, 0.5) is 5.82 Å². The molecule has 2 heterocycles. The van der Waals surface area contributed by atoms with E-state index in [9.17, 15) is 0 Å². The summed E-state index contributed by atoms with van der Waals surface area (Å²) in [6, 6.07) is 12.7. The van der Waals surface area contributed by atoms with Crippen molar-refractivity contribution < 1.29 is 0 Å². The van der Waals surface area contributed by atoms with Gasteiger partial charge in [0.2, 0.25) is 0 Å². The van der Waals surface area contributed by atoms with Crippen molar-refractivity contribution >= 4 is 27.4 Å². The third kappa shape index (κ3) is 3.39. The van der Waals surface area contributed by atoms with Gasteiger partial charge in [-0.05, 0) is 43.7 Å². The maximum absolute atomic E-state index is 4.40. The summed E-state index contributed by atoms with van der Waals surface area (Å²) in [5.74, 6) is 0.930. The van der Waals surface area contributed by atoms with Crippen molar-refractivity contribution in [3.63, 3.8) is 0 Å². The van der Waals surface area contributed by atoms with Gasteiger partial charge in [0.15, 0.2) is 0 Å². The average Bonchev–Trinajstić information content (AvgIpc) is 2.96. The molecular weight excluding hydrogens is 278 g/mol. The number of anilines is 1. The second kappa shape index (κ2) is 5.82. The van der Waals surface area contributed by atoms with E-state index in [4.69, 9.17) is 0 Å². The van der Waals surface area contributed by atoms with Crippen LogP contribution in [-0.4, -0.2) is 15.5 Å². The Morgan fingerprint density at radius 3 is 2.71 bits per heavy atom. The van der Waals surface area contributed by atoms with Gasteiger partial charge in [-0.1, -0.05) is 30.3 Å². The molecule has 2 aromatic heterocycles. The third-order valence-corrected chi connectivity index (χ3v) is 4.42. The summed E-state index contributed by atoms with van der Waals surface area (Å²) in [6.07, 6.45) is 3.74. The van der Waals surface area contributed by atoms with E-state index < -0.39 is 0 Å². The van der Waals surface area contributed by atoms with Crippen molar-refractivity contribution in [3.8, 4) is 0 Å². The van der Waals surface area contributed by atoms with E-state index >= 15 is 0 Å². The predicted octanol–water partition coefficient (Wildman–Crippen LogP) is 4.51. The summed E-state index contributed by atoms with van der Waals surface area (Å²) in [4.78, 5) is 9.73. The molecule has 21 heavy (non-hydrogen) atoms. The Bertz CT molecular complexity index is 719. The second-order valence-electron chi connectivity index (χ2n) is 5.86. The van der Waals surface area contributed by atoms with Crippen LogP contribution in [0.2, 0.25) is 0 Å². The summed E-state index contributed by atoms with van der Waals surface area (Å²) in [5, 5.41) is 6.74. The molecule has 0 amide bonds. The molecule has 0 fully saturated rings. The molecule has 0 saturated carbocycles. The zero-order chi connectivity index (χ0) is 14.7. The molecule has 0 aliphatic heterocycles. The van der Waals surface area contributed by atoms with Crippen molar-refractivity contribution in [2.75, 3.05) is 5.32 Å². The molecule has 3 nitrogen and oxygen atoms in total. The number of fused-ring (bicyclic) bond motifs is 1. The molecule has 0 atom stereocenters. The molecule has 0 bridgehead atoms. The van der Waals surface area contributed by atoms with E-state index in [0.29, 0.717) is 0 Å². The maximum atomic E-state index is 4.40. The molecule has 0 aliphatic rings. The highest BCUT2D eigenvalue weighted by atomic mass is 32.1. The Morgan fingerprint density at radius 2 is 1.90 bits per heavy atom. The number of thiophene rings is 1.